The molecular formula is C12H10BrF2N3. The molecule has 0 aliphatic rings. The Morgan fingerprint density at radius 2 is 2.06 bits per heavy atom. The quantitative estimate of drug-likeness (QED) is 0.943. The van der Waals surface area contributed by atoms with Crippen molar-refractivity contribution >= 4 is 21.7 Å². The number of aryl methyl sites for hydroxylation is 1. The van der Waals surface area contributed by atoms with Crippen molar-refractivity contribution in [1.82, 2.24) is 9.97 Å². The molecular weight excluding hydrogens is 304 g/mol. The highest BCUT2D eigenvalue weighted by Crippen LogP contribution is 2.18. The van der Waals surface area contributed by atoms with Crippen LogP contribution in [0.25, 0.3) is 0 Å². The van der Waals surface area contributed by atoms with Gasteiger partial charge in [-0.3, -0.25) is 0 Å². The number of hydrogen-bond donors (Lipinski definition) is 1. The minimum Gasteiger partial charge on any atom is -0.363 e. The summed E-state index contributed by atoms with van der Waals surface area (Å²) < 4.78 is 27.8. The number of nitrogens with zero attached hydrogens (tertiary/aromatic N) is 2. The highest BCUT2D eigenvalue weighted by atomic mass is 79.9. The summed E-state index contributed by atoms with van der Waals surface area (Å²) in [5.41, 5.74) is 0.683. The maximum atomic E-state index is 13.6. The zero-order chi connectivity index (χ0) is 13.1. The van der Waals surface area contributed by atoms with E-state index in [2.05, 4.69) is 31.2 Å². The van der Waals surface area contributed by atoms with Gasteiger partial charge < -0.3 is 5.32 Å². The van der Waals surface area contributed by atoms with E-state index in [9.17, 15) is 8.78 Å². The minimum absolute atomic E-state index is 0.0712. The molecule has 6 heteroatoms. The van der Waals surface area contributed by atoms with Crippen LogP contribution in [0.4, 0.5) is 14.6 Å². The molecule has 1 aromatic heterocycles. The van der Waals surface area contributed by atoms with Crippen LogP contribution in [0.2, 0.25) is 0 Å². The summed E-state index contributed by atoms with van der Waals surface area (Å²) >= 11 is 3.25. The zero-order valence-corrected chi connectivity index (χ0v) is 11.1. The van der Waals surface area contributed by atoms with E-state index in [1.54, 1.807) is 19.1 Å². The van der Waals surface area contributed by atoms with Crippen molar-refractivity contribution in [3.8, 4) is 0 Å². The Morgan fingerprint density at radius 1 is 1.28 bits per heavy atom. The molecule has 0 saturated carbocycles. The van der Waals surface area contributed by atoms with Gasteiger partial charge in [-0.05, 0) is 25.1 Å². The van der Waals surface area contributed by atoms with E-state index in [1.165, 1.54) is 12.4 Å². The molecule has 1 N–H and O–H groups in total. The van der Waals surface area contributed by atoms with Crippen LogP contribution >= 0.6 is 15.9 Å². The van der Waals surface area contributed by atoms with Crippen molar-refractivity contribution in [2.45, 2.75) is 13.5 Å². The second kappa shape index (κ2) is 5.39. The lowest BCUT2D eigenvalue weighted by atomic mass is 10.2. The van der Waals surface area contributed by atoms with Gasteiger partial charge in [0.25, 0.3) is 0 Å². The molecule has 0 atom stereocenters. The van der Waals surface area contributed by atoms with E-state index >= 15 is 0 Å². The highest BCUT2D eigenvalue weighted by Gasteiger charge is 2.08. The van der Waals surface area contributed by atoms with E-state index < -0.39 is 5.82 Å². The topological polar surface area (TPSA) is 37.8 Å². The van der Waals surface area contributed by atoms with Crippen LogP contribution in [-0.2, 0) is 6.54 Å². The number of benzene rings is 1. The monoisotopic (exact) mass is 313 g/mol. The van der Waals surface area contributed by atoms with Crippen LogP contribution in [0, 0.1) is 18.6 Å². The first-order chi connectivity index (χ1) is 8.58. The van der Waals surface area contributed by atoms with Gasteiger partial charge >= 0.3 is 0 Å². The first kappa shape index (κ1) is 12.9. The molecule has 0 bridgehead atoms. The van der Waals surface area contributed by atoms with E-state index in [-0.39, 0.29) is 23.9 Å². The van der Waals surface area contributed by atoms with Crippen molar-refractivity contribution in [1.29, 1.82) is 0 Å². The molecule has 18 heavy (non-hydrogen) atoms. The minimum atomic E-state index is -0.520. The summed E-state index contributed by atoms with van der Waals surface area (Å²) in [7, 11) is 0. The van der Waals surface area contributed by atoms with Crippen LogP contribution in [0.15, 0.2) is 29.0 Å². The first-order valence-electron chi connectivity index (χ1n) is 5.23. The fourth-order valence-corrected chi connectivity index (χ4v) is 1.85. The number of nitrogens with one attached hydrogen (secondary N) is 1. The highest BCUT2D eigenvalue weighted by molar-refractivity contribution is 9.10. The fraction of sp³-hybridized carbons (Fsp3) is 0.167. The Kier molecular flexibility index (Phi) is 3.86. The Bertz CT molecular complexity index is 573. The summed E-state index contributed by atoms with van der Waals surface area (Å²) in [6.45, 7) is 1.69. The van der Waals surface area contributed by atoms with Gasteiger partial charge in [-0.2, -0.15) is 0 Å². The molecule has 0 amide bonds. The number of rotatable bonds is 3. The number of halogens is 3. The molecule has 0 fully saturated rings. The second-order valence-corrected chi connectivity index (χ2v) is 4.63. The summed E-state index contributed by atoms with van der Waals surface area (Å²) in [6.07, 6.45) is 1.26. The van der Waals surface area contributed by atoms with Crippen molar-refractivity contribution < 1.29 is 8.78 Å². The molecule has 1 aromatic carbocycles. The SMILES string of the molecule is Cc1ncnc(NCc2cc(Br)ccc2F)c1F. The van der Waals surface area contributed by atoms with Crippen LogP contribution in [-0.4, -0.2) is 9.97 Å². The van der Waals surface area contributed by atoms with Crippen LogP contribution in [0.5, 0.6) is 0 Å². The summed E-state index contributed by atoms with van der Waals surface area (Å²) in [4.78, 5) is 7.49. The van der Waals surface area contributed by atoms with Gasteiger partial charge in [0, 0.05) is 16.6 Å². The molecule has 2 aromatic rings. The van der Waals surface area contributed by atoms with Crippen molar-refractivity contribution in [3.63, 3.8) is 0 Å². The second-order valence-electron chi connectivity index (χ2n) is 3.71. The van der Waals surface area contributed by atoms with Crippen LogP contribution in [0.3, 0.4) is 0 Å². The molecule has 0 aliphatic carbocycles. The molecule has 2 rings (SSSR count). The van der Waals surface area contributed by atoms with Gasteiger partial charge in [0.05, 0.1) is 5.69 Å². The zero-order valence-electron chi connectivity index (χ0n) is 9.54. The van der Waals surface area contributed by atoms with Crippen LogP contribution < -0.4 is 5.32 Å². The number of aromatic nitrogens is 2. The lowest BCUT2D eigenvalue weighted by molar-refractivity contribution is 0.600. The molecule has 94 valence electrons. The smallest absolute Gasteiger partial charge is 0.186 e. The molecule has 0 saturated heterocycles. The van der Waals surface area contributed by atoms with Gasteiger partial charge in [-0.15, -0.1) is 0 Å². The maximum Gasteiger partial charge on any atom is 0.186 e. The summed E-state index contributed by atoms with van der Waals surface area (Å²) in [5.74, 6) is -0.799. The van der Waals surface area contributed by atoms with Gasteiger partial charge in [0.2, 0.25) is 0 Å². The predicted molar refractivity (Wildman–Crippen MR) is 68.2 cm³/mol. The average molecular weight is 314 g/mol. The predicted octanol–water partition coefficient (Wildman–Crippen LogP) is 3.44. The fourth-order valence-electron chi connectivity index (χ4n) is 1.44. The Balaban J connectivity index is 2.16. The van der Waals surface area contributed by atoms with Crippen molar-refractivity contribution in [3.05, 3.63) is 51.9 Å². The normalized spacial score (nSPS) is 10.4. The molecule has 1 heterocycles. The van der Waals surface area contributed by atoms with Crippen LogP contribution in [0.1, 0.15) is 11.3 Å². The van der Waals surface area contributed by atoms with E-state index in [0.717, 1.165) is 4.47 Å². The average Bonchev–Trinajstić information content (AvgIpc) is 2.35. The summed E-state index contributed by atoms with van der Waals surface area (Å²) in [5, 5.41) is 2.75. The lowest BCUT2D eigenvalue weighted by Gasteiger charge is -2.08. The third kappa shape index (κ3) is 2.81. The number of anilines is 1. The van der Waals surface area contributed by atoms with Gasteiger partial charge in [0.1, 0.15) is 12.1 Å². The Hall–Kier alpha value is -1.56. The largest absolute Gasteiger partial charge is 0.363 e. The molecule has 0 radical (unpaired) electrons. The lowest BCUT2D eigenvalue weighted by Crippen LogP contribution is -2.07. The standard InChI is InChI=1S/C12H10BrF2N3/c1-7-11(15)12(18-6-17-7)16-5-8-4-9(13)2-3-10(8)14/h2-4,6H,5H2,1H3,(H,16,17,18). The Labute approximate surface area is 111 Å². The molecule has 3 nitrogen and oxygen atoms in total. The first-order valence-corrected chi connectivity index (χ1v) is 6.02. The Morgan fingerprint density at radius 3 is 2.83 bits per heavy atom. The van der Waals surface area contributed by atoms with Gasteiger partial charge in [0.15, 0.2) is 11.6 Å². The molecule has 0 spiro atoms. The summed E-state index contributed by atoms with van der Waals surface area (Å²) in [6, 6.07) is 4.59. The molecule has 0 unspecified atom stereocenters. The van der Waals surface area contributed by atoms with E-state index in [4.69, 9.17) is 0 Å². The van der Waals surface area contributed by atoms with E-state index in [0.29, 0.717) is 5.56 Å². The van der Waals surface area contributed by atoms with Gasteiger partial charge in [-0.1, -0.05) is 15.9 Å². The van der Waals surface area contributed by atoms with Crippen molar-refractivity contribution in [2.24, 2.45) is 0 Å². The molecule has 0 aliphatic heterocycles. The number of hydrogen-bond acceptors (Lipinski definition) is 3. The third-order valence-electron chi connectivity index (χ3n) is 2.42. The third-order valence-corrected chi connectivity index (χ3v) is 2.91. The van der Waals surface area contributed by atoms with Crippen molar-refractivity contribution in [2.75, 3.05) is 5.32 Å². The van der Waals surface area contributed by atoms with E-state index in [1.807, 2.05) is 0 Å². The maximum absolute atomic E-state index is 13.6. The van der Waals surface area contributed by atoms with Gasteiger partial charge in [-0.25, -0.2) is 18.7 Å².